The number of likely N-dealkylation sites (tertiary alicyclic amines) is 1. The number of hydrogen-bond acceptors (Lipinski definition) is 5. The highest BCUT2D eigenvalue weighted by Crippen LogP contribution is 2.28. The summed E-state index contributed by atoms with van der Waals surface area (Å²) in [4.78, 5) is 31.1. The molecule has 7 nitrogen and oxygen atoms in total. The topological polar surface area (TPSA) is 67.2 Å². The van der Waals surface area contributed by atoms with Crippen LogP contribution in [0.25, 0.3) is 0 Å². The Hall–Kier alpha value is -2.28. The second-order valence-corrected chi connectivity index (χ2v) is 8.23. The molecule has 28 heavy (non-hydrogen) atoms. The molecule has 0 saturated carbocycles. The quantitative estimate of drug-likeness (QED) is 0.812. The number of fused-ring (bicyclic) bond motifs is 1. The van der Waals surface area contributed by atoms with Gasteiger partial charge in [0.25, 0.3) is 0 Å². The van der Waals surface area contributed by atoms with E-state index in [1.165, 1.54) is 12.8 Å². The first-order chi connectivity index (χ1) is 13.5. The molecule has 150 valence electrons. The molecule has 0 spiro atoms. The lowest BCUT2D eigenvalue weighted by molar-refractivity contribution is -0.136. The van der Waals surface area contributed by atoms with Crippen LogP contribution in [0.3, 0.4) is 0 Å². The van der Waals surface area contributed by atoms with Gasteiger partial charge in [-0.2, -0.15) is 0 Å². The number of nitrogens with zero attached hydrogens (tertiary/aromatic N) is 6. The number of aryl methyl sites for hydroxylation is 1. The highest BCUT2D eigenvalue weighted by Gasteiger charge is 2.28. The number of hydrogen-bond donors (Lipinski definition) is 0. The van der Waals surface area contributed by atoms with Crippen LogP contribution in [0.5, 0.6) is 0 Å². The highest BCUT2D eigenvalue weighted by atomic mass is 16.2. The third-order valence-corrected chi connectivity index (χ3v) is 6.15. The van der Waals surface area contributed by atoms with Gasteiger partial charge < -0.3 is 9.47 Å². The average Bonchev–Trinajstić information content (AvgIpc) is 3.11. The van der Waals surface area contributed by atoms with Gasteiger partial charge in [0.15, 0.2) is 0 Å². The first-order valence-corrected chi connectivity index (χ1v) is 10.3. The van der Waals surface area contributed by atoms with Gasteiger partial charge in [0.1, 0.15) is 11.6 Å². The fourth-order valence-corrected chi connectivity index (χ4v) is 4.36. The molecule has 2 aromatic heterocycles. The summed E-state index contributed by atoms with van der Waals surface area (Å²) >= 11 is 0. The van der Waals surface area contributed by atoms with E-state index < -0.39 is 0 Å². The molecule has 0 radical (unpaired) electrons. The van der Waals surface area contributed by atoms with Crippen molar-refractivity contribution in [3.05, 3.63) is 41.5 Å². The summed E-state index contributed by atoms with van der Waals surface area (Å²) < 4.78 is 2.04. The van der Waals surface area contributed by atoms with Crippen molar-refractivity contribution in [2.75, 3.05) is 20.1 Å². The zero-order chi connectivity index (χ0) is 19.7. The zero-order valence-corrected chi connectivity index (χ0v) is 17.1. The van der Waals surface area contributed by atoms with Gasteiger partial charge >= 0.3 is 0 Å². The minimum atomic E-state index is -0.0782. The van der Waals surface area contributed by atoms with Gasteiger partial charge in [-0.05, 0) is 33.4 Å². The van der Waals surface area contributed by atoms with Crippen LogP contribution in [0, 0.1) is 12.8 Å². The van der Waals surface area contributed by atoms with Gasteiger partial charge in [-0.15, -0.1) is 0 Å². The van der Waals surface area contributed by atoms with E-state index in [1.807, 2.05) is 35.7 Å². The summed E-state index contributed by atoms with van der Waals surface area (Å²) in [7, 11) is 2.16. The minimum Gasteiger partial charge on any atom is -0.338 e. The van der Waals surface area contributed by atoms with Crippen LogP contribution >= 0.6 is 0 Å². The smallest absolute Gasteiger partial charge is 0.227 e. The minimum absolute atomic E-state index is 0.0782. The van der Waals surface area contributed by atoms with Crippen molar-refractivity contribution in [2.24, 2.45) is 5.92 Å². The SMILES string of the molecule is Cc1nccn1C[C@H](C)C(=O)N1CCc2nc([C@@H]3CCCCN3C)ncc2C1. The first-order valence-electron chi connectivity index (χ1n) is 10.3. The van der Waals surface area contributed by atoms with Gasteiger partial charge in [0.2, 0.25) is 5.91 Å². The van der Waals surface area contributed by atoms with Crippen LogP contribution in [-0.2, 0) is 24.3 Å². The summed E-state index contributed by atoms with van der Waals surface area (Å²) in [5, 5.41) is 0. The number of amides is 1. The molecular weight excluding hydrogens is 352 g/mol. The van der Waals surface area contributed by atoms with Crippen molar-refractivity contribution < 1.29 is 4.79 Å². The molecule has 1 saturated heterocycles. The van der Waals surface area contributed by atoms with Crippen molar-refractivity contribution in [3.63, 3.8) is 0 Å². The maximum Gasteiger partial charge on any atom is 0.227 e. The van der Waals surface area contributed by atoms with Crippen LogP contribution < -0.4 is 0 Å². The van der Waals surface area contributed by atoms with E-state index in [1.54, 1.807) is 6.20 Å². The molecular formula is C21H30N6O. The van der Waals surface area contributed by atoms with E-state index in [4.69, 9.17) is 4.98 Å². The lowest BCUT2D eigenvalue weighted by atomic mass is 10.0. The van der Waals surface area contributed by atoms with Crippen LogP contribution in [0.2, 0.25) is 0 Å². The Morgan fingerprint density at radius 3 is 2.89 bits per heavy atom. The number of rotatable bonds is 4. The van der Waals surface area contributed by atoms with Gasteiger partial charge in [-0.1, -0.05) is 13.3 Å². The van der Waals surface area contributed by atoms with E-state index in [0.717, 1.165) is 48.8 Å². The molecule has 0 bridgehead atoms. The molecule has 0 aromatic carbocycles. The van der Waals surface area contributed by atoms with E-state index in [-0.39, 0.29) is 11.8 Å². The third-order valence-electron chi connectivity index (χ3n) is 6.15. The molecule has 0 N–H and O–H groups in total. The van der Waals surface area contributed by atoms with Crippen molar-refractivity contribution in [1.82, 2.24) is 29.3 Å². The summed E-state index contributed by atoms with van der Waals surface area (Å²) in [6, 6.07) is 0.331. The predicted octanol–water partition coefficient (Wildman–Crippen LogP) is 2.36. The molecule has 1 amide bonds. The maximum absolute atomic E-state index is 12.9. The van der Waals surface area contributed by atoms with Crippen LogP contribution in [0.4, 0.5) is 0 Å². The van der Waals surface area contributed by atoms with Crippen LogP contribution in [0.15, 0.2) is 18.6 Å². The monoisotopic (exact) mass is 382 g/mol. The summed E-state index contributed by atoms with van der Waals surface area (Å²) in [6.45, 7) is 7.08. The normalized spacial score (nSPS) is 21.4. The summed E-state index contributed by atoms with van der Waals surface area (Å²) in [5.41, 5.74) is 2.21. The first kappa shape index (κ1) is 19.1. The third kappa shape index (κ3) is 3.81. The van der Waals surface area contributed by atoms with Crippen molar-refractivity contribution in [1.29, 1.82) is 0 Å². The standard InChI is InChI=1S/C21H30N6O/c1-15(13-26-11-8-22-16(26)2)21(28)27-10-7-18-17(14-27)12-23-20(24-18)19-6-4-5-9-25(19)3/h8,11-12,15,19H,4-7,9-10,13-14H2,1-3H3/t15-,19-/m0/s1. The van der Waals surface area contributed by atoms with Crippen molar-refractivity contribution in [3.8, 4) is 0 Å². The number of imidazole rings is 1. The highest BCUT2D eigenvalue weighted by molar-refractivity contribution is 5.78. The Bertz CT molecular complexity index is 847. The molecule has 0 unspecified atom stereocenters. The molecule has 7 heteroatoms. The van der Waals surface area contributed by atoms with Crippen LogP contribution in [-0.4, -0.2) is 55.4 Å². The van der Waals surface area contributed by atoms with Gasteiger partial charge in [0, 0.05) is 50.2 Å². The molecule has 4 heterocycles. The summed E-state index contributed by atoms with van der Waals surface area (Å²) in [5.74, 6) is 2.00. The fourth-order valence-electron chi connectivity index (χ4n) is 4.36. The molecule has 0 aliphatic carbocycles. The average molecular weight is 383 g/mol. The molecule has 4 rings (SSSR count). The summed E-state index contributed by atoms with van der Waals surface area (Å²) in [6.07, 6.45) is 10.1. The van der Waals surface area contributed by atoms with Gasteiger partial charge in [0.05, 0.1) is 17.7 Å². The predicted molar refractivity (Wildman–Crippen MR) is 107 cm³/mol. The number of carbonyl (C=O) groups is 1. The van der Waals surface area contributed by atoms with E-state index in [0.29, 0.717) is 19.1 Å². The fraction of sp³-hybridized carbons (Fsp3) is 0.619. The second-order valence-electron chi connectivity index (χ2n) is 8.23. The lowest BCUT2D eigenvalue weighted by Crippen LogP contribution is -2.41. The zero-order valence-electron chi connectivity index (χ0n) is 17.1. The molecule has 1 fully saturated rings. The molecule has 2 aliphatic rings. The number of piperidine rings is 1. The van der Waals surface area contributed by atoms with E-state index in [9.17, 15) is 4.79 Å². The van der Waals surface area contributed by atoms with Crippen LogP contribution in [0.1, 0.15) is 55.1 Å². The Labute approximate surface area is 166 Å². The van der Waals surface area contributed by atoms with E-state index >= 15 is 0 Å². The number of aromatic nitrogens is 4. The largest absolute Gasteiger partial charge is 0.338 e. The molecule has 2 aromatic rings. The number of carbonyl (C=O) groups excluding carboxylic acids is 1. The molecule has 2 aliphatic heterocycles. The Kier molecular flexibility index (Phi) is 5.44. The van der Waals surface area contributed by atoms with Crippen molar-refractivity contribution >= 4 is 5.91 Å². The van der Waals surface area contributed by atoms with E-state index in [2.05, 4.69) is 21.9 Å². The lowest BCUT2D eigenvalue weighted by Gasteiger charge is -2.33. The maximum atomic E-state index is 12.9. The van der Waals surface area contributed by atoms with Gasteiger partial charge in [-0.25, -0.2) is 15.0 Å². The van der Waals surface area contributed by atoms with Crippen molar-refractivity contribution in [2.45, 2.75) is 58.7 Å². The Balaban J connectivity index is 1.43. The van der Waals surface area contributed by atoms with Gasteiger partial charge in [-0.3, -0.25) is 9.69 Å². The second kappa shape index (κ2) is 7.99. The Morgan fingerprint density at radius 2 is 2.14 bits per heavy atom. The Morgan fingerprint density at radius 1 is 1.29 bits per heavy atom. The molecule has 2 atom stereocenters.